The Balaban J connectivity index is 0.000001000. The zero-order chi connectivity index (χ0) is 7.40. The van der Waals surface area contributed by atoms with Gasteiger partial charge in [0, 0.05) is 5.69 Å². The fourth-order valence-electron chi connectivity index (χ4n) is 0.645. The van der Waals surface area contributed by atoms with E-state index in [2.05, 4.69) is 17.9 Å². The molecule has 0 saturated heterocycles. The van der Waals surface area contributed by atoms with Gasteiger partial charge in [0.1, 0.15) is 4.32 Å². The maximum absolute atomic E-state index is 4.73. The SMILES string of the molecule is Cl.S=C(S)Nc1ccccc1. The Labute approximate surface area is 83.0 Å². The van der Waals surface area contributed by atoms with Crippen molar-refractivity contribution in [3.8, 4) is 0 Å². The van der Waals surface area contributed by atoms with Crippen LogP contribution in [0.5, 0.6) is 0 Å². The predicted molar refractivity (Wildman–Crippen MR) is 58.9 cm³/mol. The number of nitrogens with one attached hydrogen (secondary N) is 1. The number of hydrogen-bond donors (Lipinski definition) is 2. The molecule has 0 amide bonds. The first kappa shape index (κ1) is 10.8. The highest BCUT2D eigenvalue weighted by Gasteiger charge is 1.87. The predicted octanol–water partition coefficient (Wildman–Crippen LogP) is 2.74. The molecule has 1 nitrogen and oxygen atoms in total. The van der Waals surface area contributed by atoms with Crippen LogP contribution >= 0.6 is 37.3 Å². The van der Waals surface area contributed by atoms with Gasteiger partial charge in [-0.1, -0.05) is 30.4 Å². The van der Waals surface area contributed by atoms with Crippen molar-refractivity contribution in [1.82, 2.24) is 0 Å². The summed E-state index contributed by atoms with van der Waals surface area (Å²) in [6, 6.07) is 9.69. The molecule has 4 heteroatoms. The molecular formula is C7H8ClNS2. The van der Waals surface area contributed by atoms with Crippen molar-refractivity contribution in [2.75, 3.05) is 5.32 Å². The van der Waals surface area contributed by atoms with Crippen molar-refractivity contribution in [2.45, 2.75) is 0 Å². The highest BCUT2D eigenvalue weighted by atomic mass is 35.5. The molecule has 0 bridgehead atoms. The van der Waals surface area contributed by atoms with Crippen molar-refractivity contribution >= 4 is 47.3 Å². The summed E-state index contributed by atoms with van der Waals surface area (Å²) in [6.07, 6.45) is 0. The van der Waals surface area contributed by atoms with Crippen molar-refractivity contribution in [1.29, 1.82) is 0 Å². The Morgan fingerprint density at radius 3 is 2.27 bits per heavy atom. The van der Waals surface area contributed by atoms with Crippen LogP contribution in [0.15, 0.2) is 30.3 Å². The normalized spacial score (nSPS) is 8.09. The number of halogens is 1. The number of rotatable bonds is 1. The molecule has 60 valence electrons. The van der Waals surface area contributed by atoms with E-state index in [0.29, 0.717) is 4.32 Å². The van der Waals surface area contributed by atoms with Crippen LogP contribution in [-0.2, 0) is 0 Å². The van der Waals surface area contributed by atoms with E-state index in [1.807, 2.05) is 30.3 Å². The van der Waals surface area contributed by atoms with Gasteiger partial charge in [-0.15, -0.1) is 25.0 Å². The molecule has 0 fully saturated rings. The molecule has 0 aliphatic rings. The van der Waals surface area contributed by atoms with Gasteiger partial charge in [-0.3, -0.25) is 0 Å². The van der Waals surface area contributed by atoms with E-state index in [9.17, 15) is 0 Å². The lowest BCUT2D eigenvalue weighted by Crippen LogP contribution is -1.99. The molecule has 0 aliphatic carbocycles. The molecule has 1 aromatic carbocycles. The van der Waals surface area contributed by atoms with Gasteiger partial charge in [0.15, 0.2) is 0 Å². The van der Waals surface area contributed by atoms with Gasteiger partial charge in [0.25, 0.3) is 0 Å². The van der Waals surface area contributed by atoms with E-state index in [1.54, 1.807) is 0 Å². The highest BCUT2D eigenvalue weighted by Crippen LogP contribution is 2.05. The second kappa shape index (κ2) is 5.41. The van der Waals surface area contributed by atoms with Crippen LogP contribution in [0.2, 0.25) is 0 Å². The van der Waals surface area contributed by atoms with E-state index in [-0.39, 0.29) is 12.4 Å². The summed E-state index contributed by atoms with van der Waals surface area (Å²) in [6.45, 7) is 0. The smallest absolute Gasteiger partial charge is 0.135 e. The molecule has 0 saturated carbocycles. The molecule has 0 aromatic heterocycles. The number of thiocarbonyl (C=S) groups is 1. The Bertz CT molecular complexity index is 225. The van der Waals surface area contributed by atoms with Crippen LogP contribution < -0.4 is 5.32 Å². The second-order valence-electron chi connectivity index (χ2n) is 1.80. The first-order chi connectivity index (χ1) is 4.79. The summed E-state index contributed by atoms with van der Waals surface area (Å²) < 4.78 is 0.492. The summed E-state index contributed by atoms with van der Waals surface area (Å²) >= 11 is 8.66. The van der Waals surface area contributed by atoms with E-state index in [1.165, 1.54) is 0 Å². The van der Waals surface area contributed by atoms with Gasteiger partial charge >= 0.3 is 0 Å². The zero-order valence-electron chi connectivity index (χ0n) is 5.65. The number of para-hydroxylation sites is 1. The van der Waals surface area contributed by atoms with Crippen LogP contribution in [0.4, 0.5) is 5.69 Å². The fraction of sp³-hybridized carbons (Fsp3) is 0. The minimum absolute atomic E-state index is 0. The average Bonchev–Trinajstić information content (AvgIpc) is 1.88. The first-order valence-electron chi connectivity index (χ1n) is 2.84. The van der Waals surface area contributed by atoms with Crippen molar-refractivity contribution < 1.29 is 0 Å². The molecule has 0 aliphatic heterocycles. The molecule has 0 atom stereocenters. The molecule has 1 aromatic rings. The van der Waals surface area contributed by atoms with E-state index in [4.69, 9.17) is 12.2 Å². The minimum Gasteiger partial charge on any atom is -0.341 e. The highest BCUT2D eigenvalue weighted by molar-refractivity contribution is 8.11. The number of hydrogen-bond acceptors (Lipinski definition) is 1. The number of anilines is 1. The summed E-state index contributed by atoms with van der Waals surface area (Å²) in [5, 5.41) is 2.90. The van der Waals surface area contributed by atoms with Crippen LogP contribution in [0, 0.1) is 0 Å². The maximum Gasteiger partial charge on any atom is 0.135 e. The van der Waals surface area contributed by atoms with E-state index in [0.717, 1.165) is 5.69 Å². The third-order valence-corrected chi connectivity index (χ3v) is 1.24. The molecule has 1 N–H and O–H groups in total. The van der Waals surface area contributed by atoms with Gasteiger partial charge in [0.2, 0.25) is 0 Å². The third-order valence-electron chi connectivity index (χ3n) is 1.03. The van der Waals surface area contributed by atoms with Crippen LogP contribution in [0.1, 0.15) is 0 Å². The summed E-state index contributed by atoms with van der Waals surface area (Å²) in [5.41, 5.74) is 0.975. The van der Waals surface area contributed by atoms with Gasteiger partial charge in [-0.05, 0) is 12.1 Å². The molecule has 0 unspecified atom stereocenters. The van der Waals surface area contributed by atoms with Gasteiger partial charge in [-0.2, -0.15) is 0 Å². The summed E-state index contributed by atoms with van der Waals surface area (Å²) in [4.78, 5) is 0. The maximum atomic E-state index is 4.73. The van der Waals surface area contributed by atoms with Gasteiger partial charge in [0.05, 0.1) is 0 Å². The largest absolute Gasteiger partial charge is 0.341 e. The molecule has 0 radical (unpaired) electrons. The molecule has 0 heterocycles. The Morgan fingerprint density at radius 1 is 1.27 bits per heavy atom. The zero-order valence-corrected chi connectivity index (χ0v) is 8.18. The molecule has 11 heavy (non-hydrogen) atoms. The first-order valence-corrected chi connectivity index (χ1v) is 3.69. The van der Waals surface area contributed by atoms with Crippen molar-refractivity contribution in [3.05, 3.63) is 30.3 Å². The molecule has 1 rings (SSSR count). The van der Waals surface area contributed by atoms with Gasteiger partial charge < -0.3 is 5.32 Å². The lowest BCUT2D eigenvalue weighted by molar-refractivity contribution is 1.66. The lowest BCUT2D eigenvalue weighted by atomic mass is 10.3. The monoisotopic (exact) mass is 205 g/mol. The number of benzene rings is 1. The lowest BCUT2D eigenvalue weighted by Gasteiger charge is -2.00. The molecular weight excluding hydrogens is 198 g/mol. The van der Waals surface area contributed by atoms with Gasteiger partial charge in [-0.25, -0.2) is 0 Å². The van der Waals surface area contributed by atoms with Crippen LogP contribution in [-0.4, -0.2) is 4.32 Å². The second-order valence-corrected chi connectivity index (χ2v) is 2.95. The standard InChI is InChI=1S/C7H7NS2.ClH/c9-7(10)8-6-4-2-1-3-5-6;/h1-5H,(H2,8,9,10);1H. The quantitative estimate of drug-likeness (QED) is 0.540. The Kier molecular flexibility index (Phi) is 5.28. The van der Waals surface area contributed by atoms with E-state index >= 15 is 0 Å². The fourth-order valence-corrected chi connectivity index (χ4v) is 0.892. The van der Waals surface area contributed by atoms with Crippen LogP contribution in [0.3, 0.4) is 0 Å². The number of thiol groups is 1. The average molecular weight is 206 g/mol. The van der Waals surface area contributed by atoms with Crippen molar-refractivity contribution in [2.24, 2.45) is 0 Å². The third kappa shape index (κ3) is 4.24. The van der Waals surface area contributed by atoms with Crippen molar-refractivity contribution in [3.63, 3.8) is 0 Å². The summed E-state index contributed by atoms with van der Waals surface area (Å²) in [7, 11) is 0. The minimum atomic E-state index is 0. The Morgan fingerprint density at radius 2 is 1.82 bits per heavy atom. The van der Waals surface area contributed by atoms with E-state index < -0.39 is 0 Å². The Hall–Kier alpha value is -0.250. The molecule has 0 spiro atoms. The van der Waals surface area contributed by atoms with Crippen LogP contribution in [0.25, 0.3) is 0 Å². The summed E-state index contributed by atoms with van der Waals surface area (Å²) in [5.74, 6) is 0. The topological polar surface area (TPSA) is 12.0 Å².